The summed E-state index contributed by atoms with van der Waals surface area (Å²) >= 11 is 0. The van der Waals surface area contributed by atoms with Crippen LogP contribution in [0, 0.1) is 6.92 Å². The summed E-state index contributed by atoms with van der Waals surface area (Å²) in [4.78, 5) is 22.7. The van der Waals surface area contributed by atoms with Gasteiger partial charge in [0.25, 0.3) is 0 Å². The molecule has 6 nitrogen and oxygen atoms in total. The van der Waals surface area contributed by atoms with Crippen LogP contribution in [-0.2, 0) is 4.74 Å². The number of carbonyl (C=O) groups excluding carboxylic acids is 1. The van der Waals surface area contributed by atoms with Gasteiger partial charge in [-0.3, -0.25) is 4.90 Å². The number of ether oxygens (including phenoxy) is 1. The van der Waals surface area contributed by atoms with Crippen molar-refractivity contribution in [2.75, 3.05) is 18.1 Å². The number of anilines is 1. The average Bonchev–Trinajstić information content (AvgIpc) is 2.97. The number of aromatic nitrogens is 2. The second-order valence-corrected chi connectivity index (χ2v) is 6.08. The van der Waals surface area contributed by atoms with Crippen molar-refractivity contribution in [3.8, 4) is 0 Å². The molecule has 1 aromatic rings. The van der Waals surface area contributed by atoms with Gasteiger partial charge in [-0.05, 0) is 40.2 Å². The topological polar surface area (TPSA) is 67.4 Å². The van der Waals surface area contributed by atoms with E-state index >= 15 is 0 Å². The second kappa shape index (κ2) is 4.70. The summed E-state index contributed by atoms with van der Waals surface area (Å²) in [5.41, 5.74) is 0.493. The molecule has 1 amide bonds. The van der Waals surface area contributed by atoms with Gasteiger partial charge in [0.05, 0.1) is 11.6 Å². The minimum Gasteiger partial charge on any atom is -0.447 e. The monoisotopic (exact) mass is 276 g/mol. The van der Waals surface area contributed by atoms with Gasteiger partial charge in [-0.15, -0.1) is 0 Å². The van der Waals surface area contributed by atoms with Crippen molar-refractivity contribution >= 4 is 11.9 Å². The molecule has 0 bridgehead atoms. The zero-order valence-electron chi connectivity index (χ0n) is 12.1. The largest absolute Gasteiger partial charge is 0.447 e. The Labute approximate surface area is 118 Å². The van der Waals surface area contributed by atoms with Crippen LogP contribution in [0.15, 0.2) is 6.07 Å². The second-order valence-electron chi connectivity index (χ2n) is 6.08. The first-order valence-electron chi connectivity index (χ1n) is 7.03. The van der Waals surface area contributed by atoms with Crippen LogP contribution in [-0.4, -0.2) is 34.8 Å². The summed E-state index contributed by atoms with van der Waals surface area (Å²) in [6, 6.07) is 2.03. The maximum absolute atomic E-state index is 12.0. The van der Waals surface area contributed by atoms with Crippen LogP contribution in [0.5, 0.6) is 0 Å². The number of nitrogens with one attached hydrogen (secondary N) is 1. The van der Waals surface area contributed by atoms with Crippen LogP contribution in [0.4, 0.5) is 10.6 Å². The Balaban J connectivity index is 1.99. The number of cyclic esters (lactones) is 1. The predicted octanol–water partition coefficient (Wildman–Crippen LogP) is 1.94. The van der Waals surface area contributed by atoms with E-state index in [1.54, 1.807) is 4.90 Å². The molecule has 6 heteroatoms. The molecule has 3 rings (SSSR count). The molecule has 2 saturated heterocycles. The summed E-state index contributed by atoms with van der Waals surface area (Å²) in [5.74, 6) is 1.40. The molecule has 108 valence electrons. The highest BCUT2D eigenvalue weighted by atomic mass is 16.6. The number of hydrogen-bond donors (Lipinski definition) is 1. The molecular weight excluding hydrogens is 256 g/mol. The van der Waals surface area contributed by atoms with Crippen LogP contribution < -0.4 is 10.2 Å². The lowest BCUT2D eigenvalue weighted by Gasteiger charge is -2.27. The first-order chi connectivity index (χ1) is 9.47. The van der Waals surface area contributed by atoms with Gasteiger partial charge in [0.15, 0.2) is 0 Å². The van der Waals surface area contributed by atoms with E-state index < -0.39 is 0 Å². The molecule has 0 radical (unpaired) electrons. The lowest BCUT2D eigenvalue weighted by Crippen LogP contribution is -2.42. The van der Waals surface area contributed by atoms with Gasteiger partial charge in [0.1, 0.15) is 18.2 Å². The quantitative estimate of drug-likeness (QED) is 0.894. The van der Waals surface area contributed by atoms with Crippen LogP contribution in [0.2, 0.25) is 0 Å². The fraction of sp³-hybridized carbons (Fsp3) is 0.643. The molecule has 3 heterocycles. The van der Waals surface area contributed by atoms with Crippen molar-refractivity contribution < 1.29 is 9.53 Å². The molecule has 1 atom stereocenters. The van der Waals surface area contributed by atoms with Crippen LogP contribution in [0.1, 0.15) is 44.2 Å². The first-order valence-corrected chi connectivity index (χ1v) is 7.03. The van der Waals surface area contributed by atoms with Crippen molar-refractivity contribution in [1.82, 2.24) is 15.3 Å². The van der Waals surface area contributed by atoms with Gasteiger partial charge in [-0.25, -0.2) is 14.8 Å². The Morgan fingerprint density at radius 2 is 2.25 bits per heavy atom. The zero-order chi connectivity index (χ0) is 14.3. The molecular formula is C14H20N4O2. The molecule has 1 aromatic heterocycles. The van der Waals surface area contributed by atoms with Crippen molar-refractivity contribution in [2.45, 2.75) is 45.2 Å². The fourth-order valence-corrected chi connectivity index (χ4v) is 2.77. The molecule has 0 saturated carbocycles. The summed E-state index contributed by atoms with van der Waals surface area (Å²) < 4.78 is 5.15. The molecule has 1 unspecified atom stereocenters. The van der Waals surface area contributed by atoms with E-state index in [9.17, 15) is 4.79 Å². The number of aryl methyl sites for hydroxylation is 1. The third-order valence-electron chi connectivity index (χ3n) is 3.80. The zero-order valence-corrected chi connectivity index (χ0v) is 12.1. The Hall–Kier alpha value is -1.69. The molecule has 2 aliphatic rings. The van der Waals surface area contributed by atoms with Crippen molar-refractivity contribution in [3.05, 3.63) is 17.6 Å². The lowest BCUT2D eigenvalue weighted by atomic mass is 10.1. The number of hydrogen-bond acceptors (Lipinski definition) is 5. The number of rotatable bonds is 2. The predicted molar refractivity (Wildman–Crippen MR) is 74.7 cm³/mol. The summed E-state index contributed by atoms with van der Waals surface area (Å²) in [6.45, 7) is 7.25. The van der Waals surface area contributed by atoms with Crippen LogP contribution in [0.3, 0.4) is 0 Å². The van der Waals surface area contributed by atoms with Gasteiger partial charge < -0.3 is 10.1 Å². The first kappa shape index (κ1) is 13.3. The summed E-state index contributed by atoms with van der Waals surface area (Å²) in [7, 11) is 0. The van der Waals surface area contributed by atoms with E-state index in [4.69, 9.17) is 4.74 Å². The minimum atomic E-state index is -0.377. The van der Waals surface area contributed by atoms with Crippen LogP contribution >= 0.6 is 0 Å². The van der Waals surface area contributed by atoms with Gasteiger partial charge in [-0.2, -0.15) is 0 Å². The lowest BCUT2D eigenvalue weighted by molar-refractivity contribution is 0.175. The molecule has 20 heavy (non-hydrogen) atoms. The number of carbonyl (C=O) groups is 1. The van der Waals surface area contributed by atoms with Crippen molar-refractivity contribution in [1.29, 1.82) is 0 Å². The van der Waals surface area contributed by atoms with Crippen molar-refractivity contribution in [3.63, 3.8) is 0 Å². The third kappa shape index (κ3) is 2.24. The third-order valence-corrected chi connectivity index (χ3v) is 3.80. The van der Waals surface area contributed by atoms with Gasteiger partial charge in [0.2, 0.25) is 0 Å². The van der Waals surface area contributed by atoms with E-state index in [1.807, 2.05) is 26.8 Å². The summed E-state index contributed by atoms with van der Waals surface area (Å²) in [5, 5.41) is 3.39. The minimum absolute atomic E-state index is 0.190. The highest BCUT2D eigenvalue weighted by molar-refractivity contribution is 5.90. The number of amides is 1. The van der Waals surface area contributed by atoms with E-state index in [-0.39, 0.29) is 17.7 Å². The maximum Gasteiger partial charge on any atom is 0.416 e. The molecule has 0 spiro atoms. The van der Waals surface area contributed by atoms with E-state index in [1.165, 1.54) is 0 Å². The highest BCUT2D eigenvalue weighted by Crippen LogP contribution is 2.30. The number of nitrogens with zero attached hydrogens (tertiary/aromatic N) is 3. The van der Waals surface area contributed by atoms with Gasteiger partial charge >= 0.3 is 6.09 Å². The Morgan fingerprint density at radius 1 is 1.45 bits per heavy atom. The Kier molecular flexibility index (Phi) is 3.12. The van der Waals surface area contributed by atoms with E-state index in [2.05, 4.69) is 15.3 Å². The highest BCUT2D eigenvalue weighted by Gasteiger charge is 2.42. The molecule has 0 aliphatic carbocycles. The SMILES string of the molecule is Cc1cc(N2C(=O)OCC2(C)C)nc(C2CCCN2)n1. The maximum atomic E-state index is 12.0. The summed E-state index contributed by atoms with van der Waals surface area (Å²) in [6.07, 6.45) is 1.84. The Morgan fingerprint density at radius 3 is 2.85 bits per heavy atom. The average molecular weight is 276 g/mol. The fourth-order valence-electron chi connectivity index (χ4n) is 2.77. The van der Waals surface area contributed by atoms with Gasteiger partial charge in [-0.1, -0.05) is 0 Å². The van der Waals surface area contributed by atoms with Gasteiger partial charge in [0, 0.05) is 11.8 Å². The van der Waals surface area contributed by atoms with Crippen LogP contribution in [0.25, 0.3) is 0 Å². The molecule has 1 N–H and O–H groups in total. The smallest absolute Gasteiger partial charge is 0.416 e. The Bertz CT molecular complexity index is 538. The molecule has 2 fully saturated rings. The molecule has 0 aromatic carbocycles. The van der Waals surface area contributed by atoms with E-state index in [0.29, 0.717) is 12.4 Å². The standard InChI is InChI=1S/C14H20N4O2/c1-9-7-11(18-13(19)20-8-14(18,2)3)17-12(16-9)10-5-4-6-15-10/h7,10,15H,4-6,8H2,1-3H3. The van der Waals surface area contributed by atoms with E-state index in [0.717, 1.165) is 30.9 Å². The van der Waals surface area contributed by atoms with Crippen molar-refractivity contribution in [2.24, 2.45) is 0 Å². The normalized spacial score (nSPS) is 25.1. The molecule has 2 aliphatic heterocycles.